The van der Waals surface area contributed by atoms with Gasteiger partial charge in [-0.3, -0.25) is 0 Å². The van der Waals surface area contributed by atoms with Crippen LogP contribution in [0, 0.1) is 0 Å². The number of anilines is 1. The Labute approximate surface area is 150 Å². The van der Waals surface area contributed by atoms with Crippen molar-refractivity contribution >= 4 is 27.4 Å². The summed E-state index contributed by atoms with van der Waals surface area (Å²) in [7, 11) is 0. The maximum atomic E-state index is 5.87. The largest absolute Gasteiger partial charge is 0.472 e. The molecule has 4 heterocycles. The van der Waals surface area contributed by atoms with E-state index < -0.39 is 0 Å². The average Bonchev–Trinajstić information content (AvgIpc) is 3.31. The summed E-state index contributed by atoms with van der Waals surface area (Å²) in [5.41, 5.74) is 1.10. The maximum absolute atomic E-state index is 5.87. The Morgan fingerprint density at radius 1 is 1.36 bits per heavy atom. The molecule has 0 amide bonds. The molecule has 1 aliphatic rings. The minimum Gasteiger partial charge on any atom is -0.472 e. The Morgan fingerprint density at radius 3 is 3.16 bits per heavy atom. The molecule has 7 heteroatoms. The molecule has 1 saturated heterocycles. The Morgan fingerprint density at radius 2 is 2.32 bits per heavy atom. The van der Waals surface area contributed by atoms with Crippen LogP contribution < -0.4 is 10.1 Å². The first-order valence-corrected chi connectivity index (χ1v) is 9.37. The second kappa shape index (κ2) is 7.33. The zero-order valence-corrected chi connectivity index (χ0v) is 14.9. The summed E-state index contributed by atoms with van der Waals surface area (Å²) in [6.45, 7) is 4.12. The smallest absolute Gasteiger partial charge is 0.213 e. The predicted molar refractivity (Wildman–Crippen MR) is 98.2 cm³/mol. The van der Waals surface area contributed by atoms with Crippen LogP contribution in [0.4, 0.5) is 5.82 Å². The fraction of sp³-hybridized carbons (Fsp3) is 0.389. The molecular formula is C18H20N4O2S. The minimum atomic E-state index is 0.107. The molecule has 0 aliphatic carbocycles. The molecule has 0 bridgehead atoms. The van der Waals surface area contributed by atoms with Gasteiger partial charge in [-0.15, -0.1) is 11.3 Å². The van der Waals surface area contributed by atoms with Gasteiger partial charge in [0.25, 0.3) is 0 Å². The van der Waals surface area contributed by atoms with Gasteiger partial charge in [0.15, 0.2) is 0 Å². The second-order valence-electron chi connectivity index (χ2n) is 5.94. The van der Waals surface area contributed by atoms with Gasteiger partial charge < -0.3 is 14.8 Å². The van der Waals surface area contributed by atoms with Crippen LogP contribution in [-0.4, -0.2) is 34.3 Å². The van der Waals surface area contributed by atoms with Crippen molar-refractivity contribution in [1.82, 2.24) is 15.0 Å². The molecule has 0 radical (unpaired) electrons. The molecular weight excluding hydrogens is 336 g/mol. The number of rotatable bonds is 6. The Balaban J connectivity index is 1.48. The van der Waals surface area contributed by atoms with E-state index in [-0.39, 0.29) is 6.10 Å². The van der Waals surface area contributed by atoms with Crippen molar-refractivity contribution in [3.05, 3.63) is 41.2 Å². The van der Waals surface area contributed by atoms with E-state index in [2.05, 4.69) is 33.3 Å². The summed E-state index contributed by atoms with van der Waals surface area (Å²) < 4.78 is 11.2. The van der Waals surface area contributed by atoms with E-state index in [1.165, 1.54) is 0 Å². The number of pyridine rings is 1. The molecule has 6 nitrogen and oxygen atoms in total. The standard InChI is InChI=1S/C18H20N4O2S/c1-2-15-21-17(14-5-8-25-18(14)22-15)20-10-12-3-6-19-16(9-12)24-13-4-7-23-11-13/h3,5-6,8-9,13H,2,4,7,10-11H2,1H3,(H,20,21,22). The number of fused-ring (bicyclic) bond motifs is 1. The number of aryl methyl sites for hydroxylation is 1. The third-order valence-electron chi connectivity index (χ3n) is 4.12. The number of thiophene rings is 1. The molecule has 25 heavy (non-hydrogen) atoms. The number of nitrogens with zero attached hydrogens (tertiary/aromatic N) is 3. The number of nitrogens with one attached hydrogen (secondary N) is 1. The van der Waals surface area contributed by atoms with Crippen molar-refractivity contribution in [2.75, 3.05) is 18.5 Å². The van der Waals surface area contributed by atoms with Crippen LogP contribution in [0.25, 0.3) is 10.2 Å². The number of ether oxygens (including phenoxy) is 2. The van der Waals surface area contributed by atoms with Crippen molar-refractivity contribution in [3.8, 4) is 5.88 Å². The molecule has 1 atom stereocenters. The van der Waals surface area contributed by atoms with Gasteiger partial charge in [-0.25, -0.2) is 15.0 Å². The second-order valence-corrected chi connectivity index (χ2v) is 6.84. The van der Waals surface area contributed by atoms with Gasteiger partial charge in [0, 0.05) is 31.6 Å². The van der Waals surface area contributed by atoms with E-state index in [0.717, 1.165) is 46.9 Å². The lowest BCUT2D eigenvalue weighted by molar-refractivity contribution is 0.138. The van der Waals surface area contributed by atoms with Gasteiger partial charge in [-0.1, -0.05) is 6.92 Å². The third-order valence-corrected chi connectivity index (χ3v) is 4.93. The summed E-state index contributed by atoms with van der Waals surface area (Å²) in [4.78, 5) is 14.5. The summed E-state index contributed by atoms with van der Waals surface area (Å²) in [6, 6.07) is 6.01. The lowest BCUT2D eigenvalue weighted by Gasteiger charge is -2.12. The lowest BCUT2D eigenvalue weighted by atomic mass is 10.2. The lowest BCUT2D eigenvalue weighted by Crippen LogP contribution is -2.16. The molecule has 1 unspecified atom stereocenters. The first-order valence-electron chi connectivity index (χ1n) is 8.49. The fourth-order valence-corrected chi connectivity index (χ4v) is 3.56. The number of hydrogen-bond acceptors (Lipinski definition) is 7. The zero-order chi connectivity index (χ0) is 17.1. The van der Waals surface area contributed by atoms with Gasteiger partial charge in [-0.05, 0) is 23.1 Å². The van der Waals surface area contributed by atoms with Crippen molar-refractivity contribution in [2.45, 2.75) is 32.4 Å². The van der Waals surface area contributed by atoms with E-state index >= 15 is 0 Å². The quantitative estimate of drug-likeness (QED) is 0.730. The molecule has 4 rings (SSSR count). The third kappa shape index (κ3) is 3.72. The highest BCUT2D eigenvalue weighted by Gasteiger charge is 2.17. The first kappa shape index (κ1) is 16.2. The Kier molecular flexibility index (Phi) is 4.76. The number of hydrogen-bond donors (Lipinski definition) is 1. The predicted octanol–water partition coefficient (Wildman–Crippen LogP) is 3.43. The van der Waals surface area contributed by atoms with Gasteiger partial charge >= 0.3 is 0 Å². The molecule has 0 saturated carbocycles. The van der Waals surface area contributed by atoms with Crippen molar-refractivity contribution in [3.63, 3.8) is 0 Å². The van der Waals surface area contributed by atoms with Crippen LogP contribution in [0.1, 0.15) is 24.7 Å². The van der Waals surface area contributed by atoms with Crippen LogP contribution in [0.2, 0.25) is 0 Å². The zero-order valence-electron chi connectivity index (χ0n) is 14.1. The van der Waals surface area contributed by atoms with Gasteiger partial charge in [0.1, 0.15) is 22.6 Å². The molecule has 1 aliphatic heterocycles. The summed E-state index contributed by atoms with van der Waals surface area (Å²) in [5.74, 6) is 2.39. The molecule has 0 spiro atoms. The van der Waals surface area contributed by atoms with E-state index in [9.17, 15) is 0 Å². The molecule has 3 aromatic heterocycles. The minimum absolute atomic E-state index is 0.107. The van der Waals surface area contributed by atoms with Gasteiger partial charge in [-0.2, -0.15) is 0 Å². The van der Waals surface area contributed by atoms with Crippen LogP contribution in [0.15, 0.2) is 29.8 Å². The van der Waals surface area contributed by atoms with Crippen molar-refractivity contribution in [2.24, 2.45) is 0 Å². The van der Waals surface area contributed by atoms with Crippen LogP contribution >= 0.6 is 11.3 Å². The fourth-order valence-electron chi connectivity index (χ4n) is 2.78. The topological polar surface area (TPSA) is 69.2 Å². The van der Waals surface area contributed by atoms with Crippen LogP contribution in [0.5, 0.6) is 5.88 Å². The maximum Gasteiger partial charge on any atom is 0.213 e. The Hall–Kier alpha value is -2.25. The van der Waals surface area contributed by atoms with E-state index in [0.29, 0.717) is 19.0 Å². The summed E-state index contributed by atoms with van der Waals surface area (Å²) in [6.07, 6.45) is 3.62. The highest BCUT2D eigenvalue weighted by atomic mass is 32.1. The highest BCUT2D eigenvalue weighted by molar-refractivity contribution is 7.16. The normalized spacial score (nSPS) is 17.1. The highest BCUT2D eigenvalue weighted by Crippen LogP contribution is 2.26. The van der Waals surface area contributed by atoms with E-state index in [1.54, 1.807) is 17.5 Å². The molecule has 0 aromatic carbocycles. The van der Waals surface area contributed by atoms with Gasteiger partial charge in [0.05, 0.1) is 18.6 Å². The number of aromatic nitrogens is 3. The van der Waals surface area contributed by atoms with E-state index in [1.807, 2.05) is 17.5 Å². The van der Waals surface area contributed by atoms with Crippen LogP contribution in [-0.2, 0) is 17.7 Å². The molecule has 1 fully saturated rings. The summed E-state index contributed by atoms with van der Waals surface area (Å²) >= 11 is 1.64. The first-order chi connectivity index (χ1) is 12.3. The molecule has 130 valence electrons. The van der Waals surface area contributed by atoms with E-state index in [4.69, 9.17) is 9.47 Å². The SMILES string of the molecule is CCc1nc(NCc2ccnc(OC3CCOC3)c2)c2ccsc2n1. The van der Waals surface area contributed by atoms with Gasteiger partial charge in [0.2, 0.25) is 5.88 Å². The molecule has 3 aromatic rings. The summed E-state index contributed by atoms with van der Waals surface area (Å²) in [5, 5.41) is 6.55. The Bertz CT molecular complexity index is 861. The monoisotopic (exact) mass is 356 g/mol. The molecule has 1 N–H and O–H groups in total. The van der Waals surface area contributed by atoms with Crippen molar-refractivity contribution in [1.29, 1.82) is 0 Å². The van der Waals surface area contributed by atoms with Crippen LogP contribution in [0.3, 0.4) is 0 Å². The van der Waals surface area contributed by atoms with Crippen molar-refractivity contribution < 1.29 is 9.47 Å². The average molecular weight is 356 g/mol.